The monoisotopic (exact) mass is 328 g/mol. The van der Waals surface area contributed by atoms with Crippen molar-refractivity contribution in [1.29, 1.82) is 5.26 Å². The summed E-state index contributed by atoms with van der Waals surface area (Å²) in [5, 5.41) is 8.93. The number of likely N-dealkylation sites (N-methyl/N-ethyl adjacent to an activating group) is 1. The van der Waals surface area contributed by atoms with E-state index in [2.05, 4.69) is 40.1 Å². The van der Waals surface area contributed by atoms with Crippen LogP contribution in [0.25, 0.3) is 0 Å². The molecule has 1 amide bonds. The lowest BCUT2D eigenvalue weighted by molar-refractivity contribution is -0.133. The summed E-state index contributed by atoms with van der Waals surface area (Å²) in [6, 6.07) is 12.7. The molecule has 1 atom stereocenters. The van der Waals surface area contributed by atoms with Crippen molar-refractivity contribution in [3.8, 4) is 6.07 Å². The Kier molecular flexibility index (Phi) is 7.23. The van der Waals surface area contributed by atoms with Crippen LogP contribution in [0.4, 0.5) is 0 Å². The normalized spacial score (nSPS) is 17.2. The summed E-state index contributed by atoms with van der Waals surface area (Å²) in [6.45, 7) is 10.3. The summed E-state index contributed by atoms with van der Waals surface area (Å²) in [6.07, 6.45) is 0. The fraction of sp³-hybridized carbons (Fsp3) is 0.579. The van der Waals surface area contributed by atoms with Crippen LogP contribution in [0.5, 0.6) is 0 Å². The molecule has 1 aliphatic rings. The second-order valence-corrected chi connectivity index (χ2v) is 6.50. The molecule has 0 radical (unpaired) electrons. The van der Waals surface area contributed by atoms with Crippen molar-refractivity contribution in [2.45, 2.75) is 20.4 Å². The molecule has 1 heterocycles. The summed E-state index contributed by atoms with van der Waals surface area (Å²) in [5.74, 6) is 0.0210. The maximum absolute atomic E-state index is 12.4. The van der Waals surface area contributed by atoms with Crippen LogP contribution in [0.1, 0.15) is 19.4 Å². The highest BCUT2D eigenvalue weighted by Crippen LogP contribution is 2.09. The van der Waals surface area contributed by atoms with Gasteiger partial charge in [0.15, 0.2) is 0 Å². The molecule has 1 aromatic carbocycles. The second-order valence-electron chi connectivity index (χ2n) is 6.50. The van der Waals surface area contributed by atoms with Crippen LogP contribution < -0.4 is 0 Å². The van der Waals surface area contributed by atoms with Gasteiger partial charge in [-0.3, -0.25) is 14.6 Å². The van der Waals surface area contributed by atoms with Gasteiger partial charge in [0.25, 0.3) is 0 Å². The van der Waals surface area contributed by atoms with Gasteiger partial charge in [0.05, 0.1) is 18.5 Å². The van der Waals surface area contributed by atoms with Gasteiger partial charge in [0.2, 0.25) is 5.91 Å². The molecule has 0 aromatic heterocycles. The van der Waals surface area contributed by atoms with Crippen molar-refractivity contribution >= 4 is 5.91 Å². The average Bonchev–Trinajstić information content (AvgIpc) is 2.61. The van der Waals surface area contributed by atoms with Gasteiger partial charge in [-0.1, -0.05) is 30.3 Å². The quantitative estimate of drug-likeness (QED) is 0.766. The first-order valence-electron chi connectivity index (χ1n) is 8.78. The Morgan fingerprint density at radius 3 is 2.42 bits per heavy atom. The molecule has 1 aliphatic heterocycles. The molecule has 0 aliphatic carbocycles. The van der Waals surface area contributed by atoms with Crippen molar-refractivity contribution in [1.82, 2.24) is 14.7 Å². The first kappa shape index (κ1) is 18.4. The highest BCUT2D eigenvalue weighted by molar-refractivity contribution is 5.78. The topological polar surface area (TPSA) is 50.6 Å². The fourth-order valence-corrected chi connectivity index (χ4v) is 3.02. The standard InChI is InChI=1S/C19H28N4O/c1-3-23(14-17(2)13-20)19(24)16-22-11-9-21(10-12-22)15-18-7-5-4-6-8-18/h4-8,17H,3,9-12,14-16H2,1-2H3. The first-order chi connectivity index (χ1) is 11.6. The minimum atomic E-state index is -0.114. The molecule has 0 saturated carbocycles. The van der Waals surface area contributed by atoms with Gasteiger partial charge in [-0.05, 0) is 19.4 Å². The Morgan fingerprint density at radius 2 is 1.83 bits per heavy atom. The maximum atomic E-state index is 12.4. The van der Waals surface area contributed by atoms with Crippen molar-refractivity contribution in [2.75, 3.05) is 45.8 Å². The predicted molar refractivity (Wildman–Crippen MR) is 95.2 cm³/mol. The smallest absolute Gasteiger partial charge is 0.236 e. The van der Waals surface area contributed by atoms with Crippen LogP contribution >= 0.6 is 0 Å². The minimum Gasteiger partial charge on any atom is -0.341 e. The van der Waals surface area contributed by atoms with E-state index in [1.165, 1.54) is 5.56 Å². The average molecular weight is 328 g/mol. The second kappa shape index (κ2) is 9.41. The van der Waals surface area contributed by atoms with Crippen molar-refractivity contribution in [3.05, 3.63) is 35.9 Å². The van der Waals surface area contributed by atoms with Crippen LogP contribution in [-0.2, 0) is 11.3 Å². The minimum absolute atomic E-state index is 0.114. The number of nitriles is 1. The molecule has 0 spiro atoms. The summed E-state index contributed by atoms with van der Waals surface area (Å²) in [4.78, 5) is 18.9. The SMILES string of the molecule is CCN(CC(C)C#N)C(=O)CN1CCN(Cc2ccccc2)CC1. The highest BCUT2D eigenvalue weighted by atomic mass is 16.2. The van der Waals surface area contributed by atoms with Crippen LogP contribution in [0.15, 0.2) is 30.3 Å². The van der Waals surface area contributed by atoms with Crippen LogP contribution in [0, 0.1) is 17.2 Å². The number of hydrogen-bond donors (Lipinski definition) is 0. The number of piperazine rings is 1. The number of benzene rings is 1. The maximum Gasteiger partial charge on any atom is 0.236 e. The van der Waals surface area contributed by atoms with Crippen LogP contribution in [0.3, 0.4) is 0 Å². The van der Waals surface area contributed by atoms with E-state index in [1.54, 1.807) is 4.90 Å². The Balaban J connectivity index is 1.76. The van der Waals surface area contributed by atoms with Crippen molar-refractivity contribution < 1.29 is 4.79 Å². The molecule has 0 N–H and O–H groups in total. The van der Waals surface area contributed by atoms with Crippen LogP contribution in [0.2, 0.25) is 0 Å². The lowest BCUT2D eigenvalue weighted by Crippen LogP contribution is -2.50. The van der Waals surface area contributed by atoms with Crippen molar-refractivity contribution in [3.63, 3.8) is 0 Å². The third-order valence-electron chi connectivity index (χ3n) is 4.52. The lowest BCUT2D eigenvalue weighted by atomic mass is 10.2. The number of carbonyl (C=O) groups excluding carboxylic acids is 1. The van der Waals surface area contributed by atoms with E-state index >= 15 is 0 Å². The van der Waals surface area contributed by atoms with E-state index in [4.69, 9.17) is 5.26 Å². The predicted octanol–water partition coefficient (Wildman–Crippen LogP) is 1.81. The molecule has 0 bridgehead atoms. The number of rotatable bonds is 7. The first-order valence-corrected chi connectivity index (χ1v) is 8.78. The fourth-order valence-electron chi connectivity index (χ4n) is 3.02. The summed E-state index contributed by atoms with van der Waals surface area (Å²) >= 11 is 0. The lowest BCUT2D eigenvalue weighted by Gasteiger charge is -2.35. The van der Waals surface area contributed by atoms with Gasteiger partial charge in [-0.15, -0.1) is 0 Å². The Labute approximate surface area is 145 Å². The number of hydrogen-bond acceptors (Lipinski definition) is 4. The molecule has 1 aromatic rings. The van der Waals surface area contributed by atoms with E-state index in [0.717, 1.165) is 32.7 Å². The molecule has 1 saturated heterocycles. The zero-order valence-electron chi connectivity index (χ0n) is 14.8. The Bertz CT molecular complexity index is 546. The van der Waals surface area contributed by atoms with E-state index in [1.807, 2.05) is 19.9 Å². The third kappa shape index (κ3) is 5.63. The molecule has 5 nitrogen and oxygen atoms in total. The molecule has 130 valence electrons. The zero-order valence-corrected chi connectivity index (χ0v) is 14.8. The molecule has 5 heteroatoms. The Morgan fingerprint density at radius 1 is 1.21 bits per heavy atom. The Hall–Kier alpha value is -1.90. The molecule has 1 unspecified atom stereocenters. The largest absolute Gasteiger partial charge is 0.341 e. The number of carbonyl (C=O) groups is 1. The van der Waals surface area contributed by atoms with Gasteiger partial charge in [-0.25, -0.2) is 0 Å². The summed E-state index contributed by atoms with van der Waals surface area (Å²) < 4.78 is 0. The van der Waals surface area contributed by atoms with E-state index in [0.29, 0.717) is 19.6 Å². The number of amides is 1. The van der Waals surface area contributed by atoms with Crippen molar-refractivity contribution in [2.24, 2.45) is 5.92 Å². The van der Waals surface area contributed by atoms with Gasteiger partial charge in [-0.2, -0.15) is 5.26 Å². The molecule has 2 rings (SSSR count). The molecular formula is C19H28N4O. The third-order valence-corrected chi connectivity index (χ3v) is 4.52. The van der Waals surface area contributed by atoms with E-state index < -0.39 is 0 Å². The van der Waals surface area contributed by atoms with Gasteiger partial charge >= 0.3 is 0 Å². The molecular weight excluding hydrogens is 300 g/mol. The number of nitrogens with zero attached hydrogens (tertiary/aromatic N) is 4. The van der Waals surface area contributed by atoms with E-state index in [-0.39, 0.29) is 11.8 Å². The summed E-state index contributed by atoms with van der Waals surface area (Å²) in [7, 11) is 0. The molecule has 1 fully saturated rings. The molecule has 24 heavy (non-hydrogen) atoms. The summed E-state index contributed by atoms with van der Waals surface area (Å²) in [5.41, 5.74) is 1.34. The van der Waals surface area contributed by atoms with Gasteiger partial charge in [0, 0.05) is 45.8 Å². The van der Waals surface area contributed by atoms with Gasteiger partial charge in [0.1, 0.15) is 0 Å². The highest BCUT2D eigenvalue weighted by Gasteiger charge is 2.22. The van der Waals surface area contributed by atoms with Gasteiger partial charge < -0.3 is 4.90 Å². The van der Waals surface area contributed by atoms with E-state index in [9.17, 15) is 4.79 Å². The van der Waals surface area contributed by atoms with Crippen LogP contribution in [-0.4, -0.2) is 66.4 Å². The zero-order chi connectivity index (χ0) is 17.4.